The first kappa shape index (κ1) is 13.2. The molecule has 1 rings (SSSR count). The van der Waals surface area contributed by atoms with Gasteiger partial charge in [0.25, 0.3) is 0 Å². The molecule has 0 saturated carbocycles. The summed E-state index contributed by atoms with van der Waals surface area (Å²) in [5.41, 5.74) is 9.09. The molecule has 0 heterocycles. The van der Waals surface area contributed by atoms with Gasteiger partial charge in [-0.05, 0) is 43.4 Å². The molecular formula is C13H22N2S. The molecule has 16 heavy (non-hydrogen) atoms. The minimum absolute atomic E-state index is 0.475. The molecule has 3 N–H and O–H groups in total. The van der Waals surface area contributed by atoms with Crippen LogP contribution in [0.3, 0.4) is 0 Å². The molecule has 0 aromatic heterocycles. The van der Waals surface area contributed by atoms with Crippen molar-refractivity contribution in [3.63, 3.8) is 0 Å². The Labute approximate surface area is 103 Å². The summed E-state index contributed by atoms with van der Waals surface area (Å²) in [5, 5.41) is 3.47. The van der Waals surface area contributed by atoms with Crippen LogP contribution in [0.1, 0.15) is 25.8 Å². The van der Waals surface area contributed by atoms with E-state index in [1.807, 2.05) is 36.9 Å². The normalized spacial score (nSPS) is 12.4. The molecule has 1 aromatic carbocycles. The number of nitrogens with two attached hydrogens (primary N) is 1. The maximum atomic E-state index is 6.02. The molecule has 0 spiro atoms. The molecule has 2 nitrogen and oxygen atoms in total. The summed E-state index contributed by atoms with van der Waals surface area (Å²) in [6.45, 7) is 6.44. The number of rotatable bonds is 6. The predicted octanol–water partition coefficient (Wildman–Crippen LogP) is 3.52. The monoisotopic (exact) mass is 238 g/mol. The molecule has 3 heteroatoms. The highest BCUT2D eigenvalue weighted by Gasteiger charge is 2.05. The molecular weight excluding hydrogens is 216 g/mol. The van der Waals surface area contributed by atoms with Crippen molar-refractivity contribution < 1.29 is 0 Å². The maximum Gasteiger partial charge on any atom is 0.0579 e. The van der Waals surface area contributed by atoms with E-state index in [-0.39, 0.29) is 0 Å². The SMILES string of the molecule is CCSCCC(C)Nc1cccc(C)c1N. The summed E-state index contributed by atoms with van der Waals surface area (Å²) in [6.07, 6.45) is 1.17. The zero-order valence-corrected chi connectivity index (χ0v) is 11.2. The Bertz CT molecular complexity index is 326. The second-order valence-corrected chi connectivity index (χ2v) is 5.46. The lowest BCUT2D eigenvalue weighted by molar-refractivity contribution is 0.772. The van der Waals surface area contributed by atoms with Crippen LogP contribution in [-0.2, 0) is 0 Å². The van der Waals surface area contributed by atoms with Gasteiger partial charge in [-0.15, -0.1) is 0 Å². The number of nitrogen functional groups attached to an aromatic ring is 1. The summed E-state index contributed by atoms with van der Waals surface area (Å²) in [4.78, 5) is 0. The fourth-order valence-corrected chi connectivity index (χ4v) is 2.36. The highest BCUT2D eigenvalue weighted by atomic mass is 32.2. The lowest BCUT2D eigenvalue weighted by atomic mass is 10.1. The van der Waals surface area contributed by atoms with Crippen molar-refractivity contribution in [3.05, 3.63) is 23.8 Å². The van der Waals surface area contributed by atoms with Crippen LogP contribution in [-0.4, -0.2) is 17.5 Å². The van der Waals surface area contributed by atoms with Gasteiger partial charge in [-0.25, -0.2) is 0 Å². The topological polar surface area (TPSA) is 38.0 Å². The molecule has 1 aromatic rings. The predicted molar refractivity (Wildman–Crippen MR) is 76.3 cm³/mol. The second-order valence-electron chi connectivity index (χ2n) is 4.07. The maximum absolute atomic E-state index is 6.02. The van der Waals surface area contributed by atoms with Gasteiger partial charge in [0.1, 0.15) is 0 Å². The van der Waals surface area contributed by atoms with E-state index in [9.17, 15) is 0 Å². The minimum Gasteiger partial charge on any atom is -0.397 e. The van der Waals surface area contributed by atoms with Crippen LogP contribution < -0.4 is 11.1 Å². The molecule has 0 aliphatic carbocycles. The van der Waals surface area contributed by atoms with Crippen LogP contribution in [0.5, 0.6) is 0 Å². The van der Waals surface area contributed by atoms with Crippen LogP contribution in [0.2, 0.25) is 0 Å². The summed E-state index contributed by atoms with van der Waals surface area (Å²) in [5.74, 6) is 2.40. The molecule has 0 fully saturated rings. The number of hydrogen-bond donors (Lipinski definition) is 2. The number of benzene rings is 1. The van der Waals surface area contributed by atoms with Gasteiger partial charge in [0.2, 0.25) is 0 Å². The summed E-state index contributed by atoms with van der Waals surface area (Å²) >= 11 is 1.98. The van der Waals surface area contributed by atoms with E-state index in [1.54, 1.807) is 0 Å². The number of hydrogen-bond acceptors (Lipinski definition) is 3. The number of aryl methyl sites for hydroxylation is 1. The lowest BCUT2D eigenvalue weighted by Gasteiger charge is -2.17. The van der Waals surface area contributed by atoms with Crippen LogP contribution in [0, 0.1) is 6.92 Å². The average molecular weight is 238 g/mol. The molecule has 90 valence electrons. The van der Waals surface area contributed by atoms with Crippen molar-refractivity contribution in [3.8, 4) is 0 Å². The van der Waals surface area contributed by atoms with Crippen molar-refractivity contribution in [1.29, 1.82) is 0 Å². The Hall–Kier alpha value is -0.830. The van der Waals surface area contributed by atoms with Gasteiger partial charge in [-0.2, -0.15) is 11.8 Å². The molecule has 0 aliphatic rings. The van der Waals surface area contributed by atoms with Gasteiger partial charge in [-0.1, -0.05) is 19.1 Å². The fourth-order valence-electron chi connectivity index (χ4n) is 1.55. The second kappa shape index (κ2) is 6.69. The quantitative estimate of drug-likeness (QED) is 0.588. The lowest BCUT2D eigenvalue weighted by Crippen LogP contribution is -2.17. The molecule has 0 saturated heterocycles. The number of anilines is 2. The molecule has 0 aliphatic heterocycles. The van der Waals surface area contributed by atoms with Crippen molar-refractivity contribution >= 4 is 23.1 Å². The van der Waals surface area contributed by atoms with Gasteiger partial charge in [0, 0.05) is 6.04 Å². The first-order chi connectivity index (χ1) is 7.65. The Kier molecular flexibility index (Phi) is 5.53. The third-order valence-electron chi connectivity index (χ3n) is 2.63. The van der Waals surface area contributed by atoms with Crippen LogP contribution in [0.15, 0.2) is 18.2 Å². The van der Waals surface area contributed by atoms with Crippen LogP contribution in [0.4, 0.5) is 11.4 Å². The van der Waals surface area contributed by atoms with E-state index >= 15 is 0 Å². The molecule has 0 radical (unpaired) electrons. The van der Waals surface area contributed by atoms with Gasteiger partial charge in [-0.3, -0.25) is 0 Å². The van der Waals surface area contributed by atoms with E-state index in [0.29, 0.717) is 6.04 Å². The van der Waals surface area contributed by atoms with Crippen molar-refractivity contribution in [2.75, 3.05) is 22.6 Å². The summed E-state index contributed by atoms with van der Waals surface area (Å²) in [7, 11) is 0. The number of nitrogens with one attached hydrogen (secondary N) is 1. The zero-order chi connectivity index (χ0) is 12.0. The first-order valence-electron chi connectivity index (χ1n) is 5.84. The number of thioether (sulfide) groups is 1. The first-order valence-corrected chi connectivity index (χ1v) is 7.00. The highest BCUT2D eigenvalue weighted by molar-refractivity contribution is 7.99. The smallest absolute Gasteiger partial charge is 0.0579 e. The third kappa shape index (κ3) is 3.97. The summed E-state index contributed by atoms with van der Waals surface area (Å²) in [6, 6.07) is 6.61. The zero-order valence-electron chi connectivity index (χ0n) is 10.4. The Morgan fingerprint density at radius 2 is 2.19 bits per heavy atom. The van der Waals surface area contributed by atoms with Gasteiger partial charge in [0.05, 0.1) is 11.4 Å². The Morgan fingerprint density at radius 1 is 1.44 bits per heavy atom. The summed E-state index contributed by atoms with van der Waals surface area (Å²) < 4.78 is 0. The van der Waals surface area contributed by atoms with Crippen LogP contribution >= 0.6 is 11.8 Å². The largest absolute Gasteiger partial charge is 0.397 e. The van der Waals surface area contributed by atoms with E-state index in [0.717, 1.165) is 16.9 Å². The van der Waals surface area contributed by atoms with Gasteiger partial charge < -0.3 is 11.1 Å². The Morgan fingerprint density at radius 3 is 2.88 bits per heavy atom. The van der Waals surface area contributed by atoms with E-state index in [4.69, 9.17) is 5.73 Å². The minimum atomic E-state index is 0.475. The molecule has 0 amide bonds. The molecule has 1 atom stereocenters. The van der Waals surface area contributed by atoms with E-state index in [1.165, 1.54) is 17.9 Å². The van der Waals surface area contributed by atoms with E-state index in [2.05, 4.69) is 19.2 Å². The van der Waals surface area contributed by atoms with Crippen molar-refractivity contribution in [1.82, 2.24) is 0 Å². The third-order valence-corrected chi connectivity index (χ3v) is 3.56. The average Bonchev–Trinajstić information content (AvgIpc) is 2.25. The fraction of sp³-hybridized carbons (Fsp3) is 0.538. The van der Waals surface area contributed by atoms with Crippen molar-refractivity contribution in [2.45, 2.75) is 33.2 Å². The standard InChI is InChI=1S/C13H22N2S/c1-4-16-9-8-11(3)15-12-7-5-6-10(2)13(12)14/h5-7,11,15H,4,8-9,14H2,1-3H3. The van der Waals surface area contributed by atoms with Gasteiger partial charge in [0.15, 0.2) is 0 Å². The highest BCUT2D eigenvalue weighted by Crippen LogP contribution is 2.23. The van der Waals surface area contributed by atoms with E-state index < -0.39 is 0 Å². The molecule has 1 unspecified atom stereocenters. The number of para-hydroxylation sites is 1. The van der Waals surface area contributed by atoms with Crippen LogP contribution in [0.25, 0.3) is 0 Å². The molecule has 0 bridgehead atoms. The van der Waals surface area contributed by atoms with Gasteiger partial charge >= 0.3 is 0 Å². The Balaban J connectivity index is 2.49. The van der Waals surface area contributed by atoms with Crippen molar-refractivity contribution in [2.24, 2.45) is 0 Å².